The number of benzene rings is 2. The smallest absolute Gasteiger partial charge is 0.163 e. The first-order valence-corrected chi connectivity index (χ1v) is 7.28. The molecule has 0 spiro atoms. The molecule has 1 aliphatic heterocycles. The molecule has 0 aliphatic carbocycles. The first-order chi connectivity index (χ1) is 10.0. The Balaban J connectivity index is 1.96. The first kappa shape index (κ1) is 14.4. The molecule has 0 unspecified atom stereocenters. The van der Waals surface area contributed by atoms with Crippen LogP contribution in [0.25, 0.3) is 0 Å². The molecule has 0 atom stereocenters. The summed E-state index contributed by atoms with van der Waals surface area (Å²) in [6.07, 6.45) is 0. The van der Waals surface area contributed by atoms with Crippen LogP contribution in [0.15, 0.2) is 24.3 Å². The van der Waals surface area contributed by atoms with Crippen LogP contribution in [0, 0.1) is 0 Å². The lowest BCUT2D eigenvalue weighted by Gasteiger charge is -2.21. The van der Waals surface area contributed by atoms with Crippen molar-refractivity contribution in [3.05, 3.63) is 39.3 Å². The summed E-state index contributed by atoms with van der Waals surface area (Å²) < 4.78 is 11.0. The van der Waals surface area contributed by atoms with E-state index in [4.69, 9.17) is 50.0 Å². The van der Waals surface area contributed by atoms with Crippen LogP contribution in [0.3, 0.4) is 0 Å². The van der Waals surface area contributed by atoms with Gasteiger partial charge in [0, 0.05) is 12.1 Å². The minimum atomic E-state index is 0.391. The van der Waals surface area contributed by atoms with E-state index in [1.807, 2.05) is 0 Å². The van der Waals surface area contributed by atoms with E-state index in [1.165, 1.54) is 0 Å². The highest BCUT2D eigenvalue weighted by Crippen LogP contribution is 2.40. The summed E-state index contributed by atoms with van der Waals surface area (Å²) >= 11 is 18.1. The van der Waals surface area contributed by atoms with Crippen molar-refractivity contribution in [1.82, 2.24) is 0 Å². The van der Waals surface area contributed by atoms with Crippen LogP contribution < -0.4 is 20.5 Å². The van der Waals surface area contributed by atoms with Gasteiger partial charge in [0.05, 0.1) is 32.1 Å². The number of nitrogen functional groups attached to an aromatic ring is 1. The van der Waals surface area contributed by atoms with Gasteiger partial charge in [-0.25, -0.2) is 0 Å². The molecule has 0 radical (unpaired) electrons. The van der Waals surface area contributed by atoms with E-state index < -0.39 is 0 Å². The number of halogens is 3. The SMILES string of the molecule is Nc1cc2c(cc1Nc1cc(Cl)c(Cl)cc1Cl)OCCO2. The van der Waals surface area contributed by atoms with Gasteiger partial charge in [-0.2, -0.15) is 0 Å². The number of rotatable bonds is 2. The Morgan fingerprint density at radius 3 is 2.14 bits per heavy atom. The second kappa shape index (κ2) is 5.72. The van der Waals surface area contributed by atoms with Crippen molar-refractivity contribution < 1.29 is 9.47 Å². The van der Waals surface area contributed by atoms with Crippen molar-refractivity contribution in [1.29, 1.82) is 0 Å². The summed E-state index contributed by atoms with van der Waals surface area (Å²) in [6.45, 7) is 1.02. The normalized spacial score (nSPS) is 13.1. The fourth-order valence-electron chi connectivity index (χ4n) is 1.98. The lowest BCUT2D eigenvalue weighted by molar-refractivity contribution is 0.172. The summed E-state index contributed by atoms with van der Waals surface area (Å²) in [6, 6.07) is 6.69. The van der Waals surface area contributed by atoms with Gasteiger partial charge in [-0.15, -0.1) is 0 Å². The molecule has 2 aromatic rings. The molecule has 4 nitrogen and oxygen atoms in total. The zero-order chi connectivity index (χ0) is 15.0. The zero-order valence-corrected chi connectivity index (χ0v) is 13.0. The summed E-state index contributed by atoms with van der Waals surface area (Å²) in [5, 5.41) is 4.36. The maximum Gasteiger partial charge on any atom is 0.163 e. The van der Waals surface area contributed by atoms with E-state index >= 15 is 0 Å². The van der Waals surface area contributed by atoms with Crippen molar-refractivity contribution in [2.45, 2.75) is 0 Å². The third-order valence-electron chi connectivity index (χ3n) is 2.99. The van der Waals surface area contributed by atoms with Gasteiger partial charge in [0.25, 0.3) is 0 Å². The third-order valence-corrected chi connectivity index (χ3v) is 4.03. The number of nitrogens with two attached hydrogens (primary N) is 1. The Morgan fingerprint density at radius 1 is 0.810 bits per heavy atom. The Bertz CT molecular complexity index is 707. The summed E-state index contributed by atoms with van der Waals surface area (Å²) in [5.74, 6) is 1.26. The molecule has 0 saturated carbocycles. The average Bonchev–Trinajstić information content (AvgIpc) is 2.45. The van der Waals surface area contributed by atoms with Crippen LogP contribution in [0.4, 0.5) is 17.1 Å². The van der Waals surface area contributed by atoms with Crippen molar-refractivity contribution in [3.63, 3.8) is 0 Å². The van der Waals surface area contributed by atoms with Gasteiger partial charge in [0.2, 0.25) is 0 Å². The molecular weight excluding hydrogens is 335 g/mol. The molecule has 110 valence electrons. The van der Waals surface area contributed by atoms with Gasteiger partial charge >= 0.3 is 0 Å². The van der Waals surface area contributed by atoms with Crippen molar-refractivity contribution in [3.8, 4) is 11.5 Å². The van der Waals surface area contributed by atoms with Gasteiger partial charge in [0.15, 0.2) is 11.5 Å². The van der Waals surface area contributed by atoms with E-state index in [0.29, 0.717) is 56.8 Å². The van der Waals surface area contributed by atoms with Gasteiger partial charge in [-0.3, -0.25) is 0 Å². The van der Waals surface area contributed by atoms with Crippen LogP contribution in [-0.4, -0.2) is 13.2 Å². The molecule has 0 bridgehead atoms. The molecule has 0 saturated heterocycles. The molecule has 0 aromatic heterocycles. The van der Waals surface area contributed by atoms with Gasteiger partial charge in [-0.1, -0.05) is 34.8 Å². The lowest BCUT2D eigenvalue weighted by atomic mass is 10.2. The van der Waals surface area contributed by atoms with Crippen LogP contribution >= 0.6 is 34.8 Å². The highest BCUT2D eigenvalue weighted by molar-refractivity contribution is 6.44. The fraction of sp³-hybridized carbons (Fsp3) is 0.143. The Morgan fingerprint density at radius 2 is 1.43 bits per heavy atom. The highest BCUT2D eigenvalue weighted by atomic mass is 35.5. The summed E-state index contributed by atoms with van der Waals surface area (Å²) in [5.41, 5.74) is 7.78. The summed E-state index contributed by atoms with van der Waals surface area (Å²) in [7, 11) is 0. The van der Waals surface area contributed by atoms with Crippen LogP contribution in [0.2, 0.25) is 15.1 Å². The molecule has 0 fully saturated rings. The van der Waals surface area contributed by atoms with Crippen molar-refractivity contribution >= 4 is 51.9 Å². The number of hydrogen-bond acceptors (Lipinski definition) is 4. The molecule has 1 heterocycles. The topological polar surface area (TPSA) is 56.5 Å². The molecule has 3 rings (SSSR count). The second-order valence-electron chi connectivity index (χ2n) is 4.45. The minimum Gasteiger partial charge on any atom is -0.486 e. The Labute approximate surface area is 136 Å². The third kappa shape index (κ3) is 2.93. The molecule has 21 heavy (non-hydrogen) atoms. The molecular formula is C14H11Cl3N2O2. The maximum absolute atomic E-state index is 6.14. The summed E-state index contributed by atoms with van der Waals surface area (Å²) in [4.78, 5) is 0. The molecule has 0 amide bonds. The number of fused-ring (bicyclic) bond motifs is 1. The Kier molecular flexibility index (Phi) is 3.93. The zero-order valence-electron chi connectivity index (χ0n) is 10.8. The first-order valence-electron chi connectivity index (χ1n) is 6.15. The van der Waals surface area contributed by atoms with E-state index in [9.17, 15) is 0 Å². The maximum atomic E-state index is 6.14. The lowest BCUT2D eigenvalue weighted by Crippen LogP contribution is -2.15. The average molecular weight is 346 g/mol. The van der Waals surface area contributed by atoms with Crippen molar-refractivity contribution in [2.24, 2.45) is 0 Å². The molecule has 3 N–H and O–H groups in total. The van der Waals surface area contributed by atoms with Gasteiger partial charge < -0.3 is 20.5 Å². The monoisotopic (exact) mass is 344 g/mol. The number of nitrogens with one attached hydrogen (secondary N) is 1. The minimum absolute atomic E-state index is 0.391. The number of hydrogen-bond donors (Lipinski definition) is 2. The largest absolute Gasteiger partial charge is 0.486 e. The van der Waals surface area contributed by atoms with E-state index in [-0.39, 0.29) is 0 Å². The van der Waals surface area contributed by atoms with Crippen LogP contribution in [0.1, 0.15) is 0 Å². The number of anilines is 3. The molecule has 2 aromatic carbocycles. The van der Waals surface area contributed by atoms with E-state index in [0.717, 1.165) is 0 Å². The van der Waals surface area contributed by atoms with Crippen LogP contribution in [-0.2, 0) is 0 Å². The Hall–Kier alpha value is -1.49. The van der Waals surface area contributed by atoms with E-state index in [2.05, 4.69) is 5.32 Å². The highest BCUT2D eigenvalue weighted by Gasteiger charge is 2.15. The predicted molar refractivity (Wildman–Crippen MR) is 86.6 cm³/mol. The standard InChI is InChI=1S/C14H11Cl3N2O2/c15-7-3-9(17)11(4-8(7)16)19-12-6-14-13(5-10(12)18)20-1-2-21-14/h3-6,19H,1-2,18H2. The second-order valence-corrected chi connectivity index (χ2v) is 5.68. The molecule has 1 aliphatic rings. The van der Waals surface area contributed by atoms with E-state index in [1.54, 1.807) is 24.3 Å². The molecule has 7 heteroatoms. The fourth-order valence-corrected chi connectivity index (χ4v) is 2.57. The number of ether oxygens (including phenoxy) is 2. The van der Waals surface area contributed by atoms with Gasteiger partial charge in [-0.05, 0) is 12.1 Å². The van der Waals surface area contributed by atoms with Gasteiger partial charge in [0.1, 0.15) is 13.2 Å². The van der Waals surface area contributed by atoms with Crippen molar-refractivity contribution in [2.75, 3.05) is 24.3 Å². The van der Waals surface area contributed by atoms with Crippen LogP contribution in [0.5, 0.6) is 11.5 Å². The quantitative estimate of drug-likeness (QED) is 0.609. The predicted octanol–water partition coefficient (Wildman–Crippen LogP) is 4.74.